The topological polar surface area (TPSA) is 89.8 Å². The molecule has 0 unspecified atom stereocenters. The van der Waals surface area contributed by atoms with E-state index in [0.29, 0.717) is 22.6 Å². The lowest BCUT2D eigenvalue weighted by Crippen LogP contribution is -2.19. The number of nitrogens with zero attached hydrogens (tertiary/aromatic N) is 2. The summed E-state index contributed by atoms with van der Waals surface area (Å²) in [5.74, 6) is -0.962. The van der Waals surface area contributed by atoms with Gasteiger partial charge in [-0.05, 0) is 43.3 Å². The second-order valence-corrected chi connectivity index (χ2v) is 6.89. The average molecular weight is 413 g/mol. The summed E-state index contributed by atoms with van der Waals surface area (Å²) >= 11 is 0. The van der Waals surface area contributed by atoms with Crippen LogP contribution in [0.2, 0.25) is 0 Å². The van der Waals surface area contributed by atoms with Crippen LogP contribution in [0.1, 0.15) is 32.1 Å². The van der Waals surface area contributed by atoms with Gasteiger partial charge in [0.25, 0.3) is 11.5 Å². The number of benzene rings is 2. The van der Waals surface area contributed by atoms with Gasteiger partial charge in [-0.1, -0.05) is 36.4 Å². The monoisotopic (exact) mass is 413 g/mol. The number of amides is 1. The van der Waals surface area contributed by atoms with E-state index in [0.717, 1.165) is 5.69 Å². The number of nitrogens with one attached hydrogen (secondary N) is 1. The first kappa shape index (κ1) is 20.0. The van der Waals surface area contributed by atoms with Crippen LogP contribution in [-0.4, -0.2) is 21.3 Å². The van der Waals surface area contributed by atoms with Crippen molar-refractivity contribution in [3.63, 3.8) is 0 Å². The van der Waals surface area contributed by atoms with Gasteiger partial charge in [-0.3, -0.25) is 14.0 Å². The minimum absolute atomic E-state index is 0.167. The Bertz CT molecular complexity index is 1330. The minimum atomic E-state index is -0.629. The largest absolute Gasteiger partial charge is 0.456 e. The van der Waals surface area contributed by atoms with Gasteiger partial charge >= 0.3 is 5.97 Å². The van der Waals surface area contributed by atoms with Gasteiger partial charge in [0, 0.05) is 17.3 Å². The van der Waals surface area contributed by atoms with Crippen molar-refractivity contribution in [3.05, 3.63) is 112 Å². The first-order valence-corrected chi connectivity index (χ1v) is 9.64. The summed E-state index contributed by atoms with van der Waals surface area (Å²) < 4.78 is 6.86. The standard InChI is InChI=1S/C24H19N3O4/c1-16-8-7-13-21-25-18(14-22(28)27(16)21)15-31-24(30)19-11-5-6-12-20(19)26-23(29)17-9-3-2-4-10-17/h2-14H,15H2,1H3,(H,26,29). The molecule has 7 heteroatoms. The molecule has 0 aliphatic rings. The highest BCUT2D eigenvalue weighted by Crippen LogP contribution is 2.18. The van der Waals surface area contributed by atoms with Crippen LogP contribution in [0.3, 0.4) is 0 Å². The Balaban J connectivity index is 1.52. The number of hydrogen-bond acceptors (Lipinski definition) is 5. The number of fused-ring (bicyclic) bond motifs is 1. The molecule has 2 aromatic heterocycles. The molecule has 0 saturated heterocycles. The van der Waals surface area contributed by atoms with Gasteiger partial charge in [-0.25, -0.2) is 9.78 Å². The second-order valence-electron chi connectivity index (χ2n) is 6.89. The van der Waals surface area contributed by atoms with E-state index in [1.807, 2.05) is 19.1 Å². The zero-order valence-corrected chi connectivity index (χ0v) is 16.7. The van der Waals surface area contributed by atoms with Crippen molar-refractivity contribution in [2.45, 2.75) is 13.5 Å². The van der Waals surface area contributed by atoms with Crippen molar-refractivity contribution in [2.75, 3.05) is 5.32 Å². The molecule has 31 heavy (non-hydrogen) atoms. The molecule has 0 aliphatic carbocycles. The molecule has 0 saturated carbocycles. The molecule has 1 amide bonds. The SMILES string of the molecule is Cc1cccc2nc(COC(=O)c3ccccc3NC(=O)c3ccccc3)cc(=O)n12. The number of rotatable bonds is 5. The van der Waals surface area contributed by atoms with E-state index in [4.69, 9.17) is 4.74 Å². The van der Waals surface area contributed by atoms with Crippen molar-refractivity contribution in [1.29, 1.82) is 0 Å². The van der Waals surface area contributed by atoms with E-state index in [1.165, 1.54) is 10.5 Å². The fraction of sp³-hybridized carbons (Fsp3) is 0.0833. The van der Waals surface area contributed by atoms with Crippen LogP contribution in [0.25, 0.3) is 5.65 Å². The Labute approximate surface area is 178 Å². The molecule has 0 radical (unpaired) electrons. The highest BCUT2D eigenvalue weighted by molar-refractivity contribution is 6.07. The molecule has 2 aromatic carbocycles. The molecule has 0 aliphatic heterocycles. The van der Waals surface area contributed by atoms with Crippen molar-refractivity contribution >= 4 is 23.2 Å². The summed E-state index contributed by atoms with van der Waals surface area (Å²) in [6.07, 6.45) is 0. The summed E-state index contributed by atoms with van der Waals surface area (Å²) in [7, 11) is 0. The maximum atomic E-state index is 12.7. The number of hydrogen-bond donors (Lipinski definition) is 1. The molecule has 7 nitrogen and oxygen atoms in total. The predicted octanol–water partition coefficient (Wildman–Crippen LogP) is 3.61. The molecule has 4 aromatic rings. The Hall–Kier alpha value is -4.26. The number of para-hydroxylation sites is 1. The smallest absolute Gasteiger partial charge is 0.340 e. The Morgan fingerprint density at radius 2 is 1.71 bits per heavy atom. The zero-order chi connectivity index (χ0) is 21.8. The van der Waals surface area contributed by atoms with E-state index >= 15 is 0 Å². The summed E-state index contributed by atoms with van der Waals surface area (Å²) in [4.78, 5) is 41.9. The molecule has 154 valence electrons. The highest BCUT2D eigenvalue weighted by Gasteiger charge is 2.16. The third-order valence-corrected chi connectivity index (χ3v) is 4.72. The lowest BCUT2D eigenvalue weighted by molar-refractivity contribution is 0.0469. The summed E-state index contributed by atoms with van der Waals surface area (Å²) in [6.45, 7) is 1.65. The van der Waals surface area contributed by atoms with Crippen LogP contribution >= 0.6 is 0 Å². The molecule has 2 heterocycles. The van der Waals surface area contributed by atoms with E-state index in [2.05, 4.69) is 10.3 Å². The molecular formula is C24H19N3O4. The molecule has 4 rings (SSSR count). The van der Waals surface area contributed by atoms with Crippen LogP contribution in [0.5, 0.6) is 0 Å². The molecule has 0 atom stereocenters. The van der Waals surface area contributed by atoms with Crippen LogP contribution in [0.4, 0.5) is 5.69 Å². The predicted molar refractivity (Wildman–Crippen MR) is 116 cm³/mol. The Morgan fingerprint density at radius 3 is 2.52 bits per heavy atom. The first-order chi connectivity index (χ1) is 15.0. The minimum Gasteiger partial charge on any atom is -0.456 e. The summed E-state index contributed by atoms with van der Waals surface area (Å²) in [5, 5.41) is 2.74. The molecule has 0 fully saturated rings. The number of ether oxygens (including phenoxy) is 1. The summed E-state index contributed by atoms with van der Waals surface area (Å²) in [5.41, 5.74) is 2.36. The maximum absolute atomic E-state index is 12.7. The molecule has 0 bridgehead atoms. The number of aryl methyl sites for hydroxylation is 1. The number of carbonyl (C=O) groups is 2. The normalized spacial score (nSPS) is 10.6. The summed E-state index contributed by atoms with van der Waals surface area (Å²) in [6, 6.07) is 22.0. The number of carbonyl (C=O) groups excluding carboxylic acids is 2. The maximum Gasteiger partial charge on any atom is 0.340 e. The third kappa shape index (κ3) is 4.35. The quantitative estimate of drug-likeness (QED) is 0.505. The van der Waals surface area contributed by atoms with Gasteiger partial charge in [0.1, 0.15) is 12.3 Å². The van der Waals surface area contributed by atoms with Crippen LogP contribution in [-0.2, 0) is 11.3 Å². The first-order valence-electron chi connectivity index (χ1n) is 9.64. The fourth-order valence-corrected chi connectivity index (χ4v) is 3.21. The Kier molecular flexibility index (Phi) is 5.57. The van der Waals surface area contributed by atoms with Gasteiger partial charge in [-0.2, -0.15) is 0 Å². The van der Waals surface area contributed by atoms with Crippen molar-refractivity contribution in [2.24, 2.45) is 0 Å². The average Bonchev–Trinajstić information content (AvgIpc) is 2.78. The van der Waals surface area contributed by atoms with Gasteiger partial charge in [0.15, 0.2) is 0 Å². The van der Waals surface area contributed by atoms with Crippen LogP contribution in [0.15, 0.2) is 83.7 Å². The molecular weight excluding hydrogens is 394 g/mol. The third-order valence-electron chi connectivity index (χ3n) is 4.72. The zero-order valence-electron chi connectivity index (χ0n) is 16.7. The molecule has 0 spiro atoms. The van der Waals surface area contributed by atoms with Crippen LogP contribution < -0.4 is 10.9 Å². The van der Waals surface area contributed by atoms with Crippen molar-refractivity contribution in [1.82, 2.24) is 9.38 Å². The number of anilines is 1. The number of aromatic nitrogens is 2. The van der Waals surface area contributed by atoms with Crippen molar-refractivity contribution < 1.29 is 14.3 Å². The van der Waals surface area contributed by atoms with E-state index in [1.54, 1.807) is 60.7 Å². The lowest BCUT2D eigenvalue weighted by Gasteiger charge is -2.11. The van der Waals surface area contributed by atoms with E-state index in [9.17, 15) is 14.4 Å². The van der Waals surface area contributed by atoms with E-state index < -0.39 is 5.97 Å². The van der Waals surface area contributed by atoms with E-state index in [-0.39, 0.29) is 23.6 Å². The van der Waals surface area contributed by atoms with Gasteiger partial charge in [0.05, 0.1) is 16.9 Å². The lowest BCUT2D eigenvalue weighted by atomic mass is 10.1. The Morgan fingerprint density at radius 1 is 0.968 bits per heavy atom. The second kappa shape index (κ2) is 8.62. The van der Waals surface area contributed by atoms with Crippen LogP contribution in [0, 0.1) is 6.92 Å². The number of pyridine rings is 1. The molecule has 1 N–H and O–H groups in total. The van der Waals surface area contributed by atoms with Gasteiger partial charge in [0.2, 0.25) is 0 Å². The van der Waals surface area contributed by atoms with Gasteiger partial charge < -0.3 is 10.1 Å². The van der Waals surface area contributed by atoms with Gasteiger partial charge in [-0.15, -0.1) is 0 Å². The van der Waals surface area contributed by atoms with Crippen molar-refractivity contribution in [3.8, 4) is 0 Å². The fourth-order valence-electron chi connectivity index (χ4n) is 3.21. The number of esters is 1. The highest BCUT2D eigenvalue weighted by atomic mass is 16.5.